The largest absolute Gasteiger partial charge is 0.491 e. The van der Waals surface area contributed by atoms with Crippen LogP contribution in [0.15, 0.2) is 36.4 Å². The van der Waals surface area contributed by atoms with Gasteiger partial charge in [0.15, 0.2) is 0 Å². The van der Waals surface area contributed by atoms with Gasteiger partial charge in [-0.15, -0.1) is 0 Å². The molecule has 1 aliphatic carbocycles. The van der Waals surface area contributed by atoms with Crippen molar-refractivity contribution in [3.05, 3.63) is 58.7 Å². The third-order valence-electron chi connectivity index (χ3n) is 5.82. The van der Waals surface area contributed by atoms with E-state index < -0.39 is 0 Å². The molecule has 4 heteroatoms. The van der Waals surface area contributed by atoms with Crippen molar-refractivity contribution in [3.63, 3.8) is 0 Å². The summed E-state index contributed by atoms with van der Waals surface area (Å²) in [6.07, 6.45) is 2.27. The quantitative estimate of drug-likeness (QED) is 0.606. The normalized spacial score (nSPS) is 15.0. The predicted octanol–water partition coefficient (Wildman–Crippen LogP) is 4.76. The van der Waals surface area contributed by atoms with Crippen LogP contribution in [0.4, 0.5) is 0 Å². The predicted molar refractivity (Wildman–Crippen MR) is 116 cm³/mol. The second-order valence-electron chi connectivity index (χ2n) is 8.54. The fraction of sp³-hybridized carbons (Fsp3) is 0.520. The first-order chi connectivity index (χ1) is 13.9. The number of hydrogen-bond donors (Lipinski definition) is 2. The van der Waals surface area contributed by atoms with Crippen molar-refractivity contribution >= 4 is 0 Å². The summed E-state index contributed by atoms with van der Waals surface area (Å²) in [6.45, 7) is 9.37. The summed E-state index contributed by atoms with van der Waals surface area (Å²) >= 11 is 0. The zero-order chi connectivity index (χ0) is 21.0. The molecule has 1 saturated carbocycles. The van der Waals surface area contributed by atoms with Crippen LogP contribution in [-0.4, -0.2) is 36.6 Å². The molecule has 29 heavy (non-hydrogen) atoms. The van der Waals surface area contributed by atoms with Crippen molar-refractivity contribution in [3.8, 4) is 11.5 Å². The Hall–Kier alpha value is -2.04. The van der Waals surface area contributed by atoms with Crippen molar-refractivity contribution in [2.45, 2.75) is 57.8 Å². The summed E-state index contributed by atoms with van der Waals surface area (Å²) in [4.78, 5) is 0. The Labute approximate surface area is 174 Å². The Morgan fingerprint density at radius 2 is 1.17 bits per heavy atom. The molecule has 2 N–H and O–H groups in total. The molecule has 0 spiro atoms. The number of benzene rings is 2. The van der Waals surface area contributed by atoms with Crippen LogP contribution in [-0.2, 0) is 5.41 Å². The molecule has 158 valence electrons. The lowest BCUT2D eigenvalue weighted by Gasteiger charge is -2.23. The highest BCUT2D eigenvalue weighted by atomic mass is 16.5. The van der Waals surface area contributed by atoms with E-state index >= 15 is 0 Å². The first kappa shape index (κ1) is 21.7. The lowest BCUT2D eigenvalue weighted by atomic mass is 9.84. The van der Waals surface area contributed by atoms with E-state index in [1.165, 1.54) is 22.3 Å². The third kappa shape index (κ3) is 4.59. The molecule has 0 aliphatic heterocycles. The van der Waals surface area contributed by atoms with Gasteiger partial charge in [-0.3, -0.25) is 0 Å². The van der Waals surface area contributed by atoms with Gasteiger partial charge in [-0.25, -0.2) is 0 Å². The highest BCUT2D eigenvalue weighted by molar-refractivity contribution is 5.52. The molecule has 0 radical (unpaired) electrons. The summed E-state index contributed by atoms with van der Waals surface area (Å²) in [7, 11) is 0. The van der Waals surface area contributed by atoms with Crippen molar-refractivity contribution in [2.24, 2.45) is 0 Å². The van der Waals surface area contributed by atoms with Gasteiger partial charge in [-0.05, 0) is 59.1 Å². The summed E-state index contributed by atoms with van der Waals surface area (Å²) in [5, 5.41) is 18.2. The van der Waals surface area contributed by atoms with Crippen LogP contribution in [0.2, 0.25) is 0 Å². The summed E-state index contributed by atoms with van der Waals surface area (Å²) in [5.74, 6) is 2.42. The highest BCUT2D eigenvalue weighted by Crippen LogP contribution is 2.55. The molecule has 1 fully saturated rings. The van der Waals surface area contributed by atoms with Gasteiger partial charge < -0.3 is 19.7 Å². The second kappa shape index (κ2) is 9.19. The van der Waals surface area contributed by atoms with Gasteiger partial charge in [-0.1, -0.05) is 52.0 Å². The molecule has 1 aliphatic rings. The molecule has 0 unspecified atom stereocenters. The second-order valence-corrected chi connectivity index (χ2v) is 8.54. The van der Waals surface area contributed by atoms with Crippen LogP contribution in [0.3, 0.4) is 0 Å². The molecule has 0 saturated heterocycles. The van der Waals surface area contributed by atoms with Gasteiger partial charge in [0.1, 0.15) is 24.7 Å². The maximum absolute atomic E-state index is 9.10. The maximum atomic E-state index is 9.10. The first-order valence-electron chi connectivity index (χ1n) is 10.7. The van der Waals surface area contributed by atoms with Crippen LogP contribution in [0.25, 0.3) is 0 Å². The number of aliphatic hydroxyl groups excluding tert-OH is 2. The Morgan fingerprint density at radius 1 is 0.759 bits per heavy atom. The monoisotopic (exact) mass is 398 g/mol. The smallest absolute Gasteiger partial charge is 0.122 e. The highest BCUT2D eigenvalue weighted by Gasteiger charge is 2.46. The number of aliphatic hydroxyl groups is 2. The zero-order valence-corrected chi connectivity index (χ0v) is 18.1. The van der Waals surface area contributed by atoms with E-state index in [4.69, 9.17) is 19.7 Å². The van der Waals surface area contributed by atoms with Gasteiger partial charge in [0, 0.05) is 5.41 Å². The Balaban J connectivity index is 1.97. The number of hydrogen-bond acceptors (Lipinski definition) is 4. The van der Waals surface area contributed by atoms with E-state index in [0.29, 0.717) is 25.0 Å². The lowest BCUT2D eigenvalue weighted by molar-refractivity contribution is 0.200. The van der Waals surface area contributed by atoms with Crippen molar-refractivity contribution < 1.29 is 19.7 Å². The average molecular weight is 399 g/mol. The van der Waals surface area contributed by atoms with Crippen molar-refractivity contribution in [1.82, 2.24) is 0 Å². The minimum atomic E-state index is 0.0197. The molecule has 0 bridgehead atoms. The molecule has 2 aromatic rings. The molecule has 3 rings (SSSR count). The van der Waals surface area contributed by atoms with Gasteiger partial charge in [0.2, 0.25) is 0 Å². The molecular formula is C25H34O4. The van der Waals surface area contributed by atoms with Crippen molar-refractivity contribution in [2.75, 3.05) is 26.4 Å². The number of ether oxygens (including phenoxy) is 2. The van der Waals surface area contributed by atoms with Gasteiger partial charge in [-0.2, -0.15) is 0 Å². The molecule has 0 aromatic heterocycles. The third-order valence-corrected chi connectivity index (χ3v) is 5.82. The summed E-state index contributed by atoms with van der Waals surface area (Å²) < 4.78 is 11.5. The molecule has 0 atom stereocenters. The summed E-state index contributed by atoms with van der Waals surface area (Å²) in [6, 6.07) is 13.0. The van der Waals surface area contributed by atoms with E-state index in [0.717, 1.165) is 24.3 Å². The van der Waals surface area contributed by atoms with E-state index in [9.17, 15) is 0 Å². The molecule has 2 aromatic carbocycles. The Bertz CT molecular complexity index is 756. The molecular weight excluding hydrogens is 364 g/mol. The van der Waals surface area contributed by atoms with Crippen molar-refractivity contribution in [1.29, 1.82) is 0 Å². The number of rotatable bonds is 10. The van der Waals surface area contributed by atoms with E-state index in [1.807, 2.05) is 0 Å². The topological polar surface area (TPSA) is 58.9 Å². The SMILES string of the molecule is CC(C)c1cc(C2(c3ccc(OCCO)c(C(C)C)c3)CC2)ccc1OCCO. The molecule has 0 amide bonds. The lowest BCUT2D eigenvalue weighted by Crippen LogP contribution is -2.12. The zero-order valence-electron chi connectivity index (χ0n) is 18.1. The fourth-order valence-corrected chi connectivity index (χ4v) is 4.04. The standard InChI is InChI=1S/C25H34O4/c1-17(2)21-15-19(5-7-23(21)28-13-11-26)25(9-10-25)20-6-8-24(29-14-12-27)22(16-20)18(3)4/h5-8,15-18,26-27H,9-14H2,1-4H3. The molecule has 0 heterocycles. The maximum Gasteiger partial charge on any atom is 0.122 e. The fourth-order valence-electron chi connectivity index (χ4n) is 4.04. The van der Waals surface area contributed by atoms with Crippen LogP contribution in [0.5, 0.6) is 11.5 Å². The van der Waals surface area contributed by atoms with E-state index in [2.05, 4.69) is 64.1 Å². The summed E-state index contributed by atoms with van der Waals surface area (Å²) in [5.41, 5.74) is 5.09. The minimum Gasteiger partial charge on any atom is -0.491 e. The van der Waals surface area contributed by atoms with Crippen LogP contribution < -0.4 is 9.47 Å². The Kier molecular flexibility index (Phi) is 6.86. The van der Waals surface area contributed by atoms with Gasteiger partial charge in [0.25, 0.3) is 0 Å². The van der Waals surface area contributed by atoms with Gasteiger partial charge >= 0.3 is 0 Å². The van der Waals surface area contributed by atoms with Gasteiger partial charge in [0.05, 0.1) is 13.2 Å². The first-order valence-corrected chi connectivity index (χ1v) is 10.7. The van der Waals surface area contributed by atoms with E-state index in [1.54, 1.807) is 0 Å². The van der Waals surface area contributed by atoms with E-state index in [-0.39, 0.29) is 18.6 Å². The van der Waals surface area contributed by atoms with Crippen LogP contribution in [0.1, 0.15) is 74.6 Å². The Morgan fingerprint density at radius 3 is 1.48 bits per heavy atom. The van der Waals surface area contributed by atoms with Crippen LogP contribution >= 0.6 is 0 Å². The minimum absolute atomic E-state index is 0.0197. The average Bonchev–Trinajstić information content (AvgIpc) is 3.52. The van der Waals surface area contributed by atoms with Crippen LogP contribution in [0, 0.1) is 0 Å². The molecule has 4 nitrogen and oxygen atoms in total.